The van der Waals surface area contributed by atoms with Crippen LogP contribution in [0.15, 0.2) is 18.2 Å². The third-order valence-electron chi connectivity index (χ3n) is 3.82. The number of rotatable bonds is 3. The summed E-state index contributed by atoms with van der Waals surface area (Å²) in [6.45, 7) is 1.74. The van der Waals surface area contributed by atoms with Crippen molar-refractivity contribution in [3.05, 3.63) is 23.8 Å². The van der Waals surface area contributed by atoms with Crippen molar-refractivity contribution in [3.8, 4) is 11.5 Å². The minimum Gasteiger partial charge on any atom is -0.454 e. The second-order valence-corrected chi connectivity index (χ2v) is 7.36. The normalized spacial score (nSPS) is 22.6. The van der Waals surface area contributed by atoms with Gasteiger partial charge in [-0.25, -0.2) is 8.42 Å². The Morgan fingerprint density at radius 2 is 1.90 bits per heavy atom. The molecular weight excluding hydrogens is 280 g/mol. The molecule has 1 saturated heterocycles. The Morgan fingerprint density at radius 3 is 2.60 bits per heavy atom. The zero-order chi connectivity index (χ0) is 14.2. The monoisotopic (exact) mass is 298 g/mol. The summed E-state index contributed by atoms with van der Waals surface area (Å²) in [5.41, 5.74) is 6.92. The van der Waals surface area contributed by atoms with E-state index < -0.39 is 9.84 Å². The van der Waals surface area contributed by atoms with E-state index in [2.05, 4.69) is 4.90 Å². The van der Waals surface area contributed by atoms with Crippen LogP contribution in [0.4, 0.5) is 0 Å². The van der Waals surface area contributed by atoms with Crippen LogP contribution < -0.4 is 15.2 Å². The summed E-state index contributed by atoms with van der Waals surface area (Å²) in [6.07, 6.45) is 0. The largest absolute Gasteiger partial charge is 0.454 e. The Morgan fingerprint density at radius 1 is 1.20 bits per heavy atom. The molecule has 0 aliphatic carbocycles. The minimum atomic E-state index is -2.88. The predicted octanol–water partition coefficient (Wildman–Crippen LogP) is 0.146. The smallest absolute Gasteiger partial charge is 0.231 e. The lowest BCUT2D eigenvalue weighted by molar-refractivity contribution is 0.173. The zero-order valence-electron chi connectivity index (χ0n) is 11.1. The fourth-order valence-corrected chi connectivity index (χ4v) is 3.88. The Labute approximate surface area is 118 Å². The highest BCUT2D eigenvalue weighted by atomic mass is 32.2. The third-order valence-corrected chi connectivity index (χ3v) is 5.43. The van der Waals surface area contributed by atoms with Crippen molar-refractivity contribution in [2.24, 2.45) is 5.73 Å². The maximum Gasteiger partial charge on any atom is 0.231 e. The molecule has 0 spiro atoms. The van der Waals surface area contributed by atoms with Crippen LogP contribution in [0, 0.1) is 0 Å². The number of benzene rings is 1. The van der Waals surface area contributed by atoms with Gasteiger partial charge in [0.2, 0.25) is 6.79 Å². The number of ether oxygens (including phenoxy) is 2. The number of fused-ring (bicyclic) bond motifs is 1. The lowest BCUT2D eigenvalue weighted by Crippen LogP contribution is -2.44. The summed E-state index contributed by atoms with van der Waals surface area (Å²) in [4.78, 5) is 2.12. The van der Waals surface area contributed by atoms with E-state index >= 15 is 0 Å². The van der Waals surface area contributed by atoms with Crippen LogP contribution in [0.5, 0.6) is 11.5 Å². The van der Waals surface area contributed by atoms with Gasteiger partial charge in [0.05, 0.1) is 11.5 Å². The summed E-state index contributed by atoms with van der Waals surface area (Å²) in [5.74, 6) is 1.87. The minimum absolute atomic E-state index is 0.0139. The molecule has 1 aromatic rings. The third kappa shape index (κ3) is 2.61. The van der Waals surface area contributed by atoms with Gasteiger partial charge in [0.25, 0.3) is 0 Å². The van der Waals surface area contributed by atoms with Crippen LogP contribution in [0.1, 0.15) is 11.6 Å². The number of nitrogens with zero attached hydrogens (tertiary/aromatic N) is 1. The Hall–Kier alpha value is -1.31. The SMILES string of the molecule is NCC(c1ccc2c(c1)OCO2)N1CCS(=O)(=O)CC1. The number of hydrogen-bond donors (Lipinski definition) is 1. The van der Waals surface area contributed by atoms with Gasteiger partial charge in [0.15, 0.2) is 21.3 Å². The first-order chi connectivity index (χ1) is 9.59. The van der Waals surface area contributed by atoms with E-state index in [0.717, 1.165) is 17.1 Å². The van der Waals surface area contributed by atoms with Gasteiger partial charge in [-0.3, -0.25) is 4.90 Å². The number of sulfone groups is 1. The van der Waals surface area contributed by atoms with Gasteiger partial charge >= 0.3 is 0 Å². The highest BCUT2D eigenvalue weighted by Gasteiger charge is 2.28. The molecule has 20 heavy (non-hydrogen) atoms. The lowest BCUT2D eigenvalue weighted by Gasteiger charge is -2.34. The van der Waals surface area contributed by atoms with E-state index in [9.17, 15) is 8.42 Å². The van der Waals surface area contributed by atoms with Crippen molar-refractivity contribution in [1.29, 1.82) is 0 Å². The Kier molecular flexibility index (Phi) is 3.57. The molecule has 0 amide bonds. The van der Waals surface area contributed by atoms with E-state index in [1.807, 2.05) is 18.2 Å². The molecule has 2 aliphatic heterocycles. The van der Waals surface area contributed by atoms with Gasteiger partial charge in [0, 0.05) is 25.7 Å². The summed E-state index contributed by atoms with van der Waals surface area (Å²) in [7, 11) is -2.88. The second kappa shape index (κ2) is 5.23. The molecule has 6 nitrogen and oxygen atoms in total. The van der Waals surface area contributed by atoms with Crippen LogP contribution >= 0.6 is 0 Å². The molecule has 0 radical (unpaired) electrons. The van der Waals surface area contributed by atoms with Crippen LogP contribution in [-0.2, 0) is 9.84 Å². The van der Waals surface area contributed by atoms with E-state index in [-0.39, 0.29) is 24.3 Å². The molecule has 0 aromatic heterocycles. The molecule has 0 bridgehead atoms. The van der Waals surface area contributed by atoms with Gasteiger partial charge < -0.3 is 15.2 Å². The van der Waals surface area contributed by atoms with Gasteiger partial charge in [0.1, 0.15) is 0 Å². The van der Waals surface area contributed by atoms with Gasteiger partial charge in [-0.05, 0) is 17.7 Å². The summed E-state index contributed by atoms with van der Waals surface area (Å²) < 4.78 is 33.7. The van der Waals surface area contributed by atoms with Crippen molar-refractivity contribution in [2.45, 2.75) is 6.04 Å². The number of nitrogens with two attached hydrogens (primary N) is 1. The molecule has 1 aromatic carbocycles. The highest BCUT2D eigenvalue weighted by molar-refractivity contribution is 7.91. The van der Waals surface area contributed by atoms with Gasteiger partial charge in [-0.1, -0.05) is 6.07 Å². The van der Waals surface area contributed by atoms with Crippen molar-refractivity contribution in [3.63, 3.8) is 0 Å². The van der Waals surface area contributed by atoms with E-state index in [1.165, 1.54) is 0 Å². The molecule has 7 heteroatoms. The highest BCUT2D eigenvalue weighted by Crippen LogP contribution is 2.35. The summed E-state index contributed by atoms with van der Waals surface area (Å²) >= 11 is 0. The molecule has 2 aliphatic rings. The first-order valence-electron chi connectivity index (χ1n) is 6.63. The molecule has 1 atom stereocenters. The van der Waals surface area contributed by atoms with Crippen molar-refractivity contribution >= 4 is 9.84 Å². The predicted molar refractivity (Wildman–Crippen MR) is 74.6 cm³/mol. The lowest BCUT2D eigenvalue weighted by atomic mass is 10.0. The average Bonchev–Trinajstić information content (AvgIpc) is 2.89. The quantitative estimate of drug-likeness (QED) is 0.855. The van der Waals surface area contributed by atoms with Crippen LogP contribution in [0.3, 0.4) is 0 Å². The van der Waals surface area contributed by atoms with E-state index in [0.29, 0.717) is 19.6 Å². The first-order valence-corrected chi connectivity index (χ1v) is 8.45. The van der Waals surface area contributed by atoms with Gasteiger partial charge in [-0.2, -0.15) is 0 Å². The summed E-state index contributed by atoms with van der Waals surface area (Å²) in [6, 6.07) is 5.79. The molecule has 1 unspecified atom stereocenters. The topological polar surface area (TPSA) is 81.9 Å². The van der Waals surface area contributed by atoms with Crippen LogP contribution in [0.25, 0.3) is 0 Å². The molecule has 2 N–H and O–H groups in total. The maximum absolute atomic E-state index is 11.5. The van der Waals surface area contributed by atoms with Crippen molar-refractivity contribution < 1.29 is 17.9 Å². The molecular formula is C13H18N2O4S. The zero-order valence-corrected chi connectivity index (χ0v) is 11.9. The average molecular weight is 298 g/mol. The maximum atomic E-state index is 11.5. The Bertz CT molecular complexity index is 588. The van der Waals surface area contributed by atoms with Crippen molar-refractivity contribution in [1.82, 2.24) is 4.90 Å². The van der Waals surface area contributed by atoms with Crippen molar-refractivity contribution in [2.75, 3.05) is 37.9 Å². The fourth-order valence-electron chi connectivity index (χ4n) is 2.65. The molecule has 0 saturated carbocycles. The van der Waals surface area contributed by atoms with Crippen LogP contribution in [-0.4, -0.2) is 51.3 Å². The second-order valence-electron chi connectivity index (χ2n) is 5.05. The van der Waals surface area contributed by atoms with Gasteiger partial charge in [-0.15, -0.1) is 0 Å². The van der Waals surface area contributed by atoms with Crippen LogP contribution in [0.2, 0.25) is 0 Å². The Balaban J connectivity index is 1.80. The fraction of sp³-hybridized carbons (Fsp3) is 0.538. The van der Waals surface area contributed by atoms with E-state index in [1.54, 1.807) is 0 Å². The molecule has 3 rings (SSSR count). The number of hydrogen-bond acceptors (Lipinski definition) is 6. The van der Waals surface area contributed by atoms with E-state index in [4.69, 9.17) is 15.2 Å². The molecule has 110 valence electrons. The summed E-state index contributed by atoms with van der Waals surface area (Å²) in [5, 5.41) is 0. The molecule has 1 fully saturated rings. The standard InChI is InChI=1S/C13H18N2O4S/c14-8-11(15-3-5-20(16,17)6-4-15)10-1-2-12-13(7-10)19-9-18-12/h1-2,7,11H,3-6,8-9,14H2. The first kappa shape index (κ1) is 13.7. The molecule has 2 heterocycles.